The van der Waals surface area contributed by atoms with Crippen molar-refractivity contribution in [2.24, 2.45) is 0 Å². The van der Waals surface area contributed by atoms with Crippen LogP contribution in [0, 0.1) is 0 Å². The van der Waals surface area contributed by atoms with E-state index >= 15 is 0 Å². The van der Waals surface area contributed by atoms with E-state index in [-0.39, 0.29) is 0 Å². The van der Waals surface area contributed by atoms with Crippen molar-refractivity contribution < 1.29 is 14.6 Å². The van der Waals surface area contributed by atoms with Gasteiger partial charge in [0.05, 0.1) is 6.61 Å². The van der Waals surface area contributed by atoms with Gasteiger partial charge in [0.15, 0.2) is 6.10 Å². The average Bonchev–Trinajstić information content (AvgIpc) is 2.34. The van der Waals surface area contributed by atoms with E-state index in [0.29, 0.717) is 12.2 Å². The molecule has 4 heteroatoms. The van der Waals surface area contributed by atoms with Crippen LogP contribution in [0.25, 0.3) is 0 Å². The number of methoxy groups -OCH3 is 1. The van der Waals surface area contributed by atoms with Gasteiger partial charge in [0.1, 0.15) is 0 Å². The summed E-state index contributed by atoms with van der Waals surface area (Å²) in [5, 5.41) is 12.1. The van der Waals surface area contributed by atoms with E-state index in [9.17, 15) is 9.90 Å². The van der Waals surface area contributed by atoms with Gasteiger partial charge in [-0.3, -0.25) is 4.79 Å². The SMILES string of the molecule is CNC(=O)C(O)c1cccc(CCOC)c1. The van der Waals surface area contributed by atoms with Gasteiger partial charge >= 0.3 is 0 Å². The molecule has 0 saturated heterocycles. The lowest BCUT2D eigenvalue weighted by atomic mass is 10.0. The zero-order chi connectivity index (χ0) is 12.0. The number of aliphatic hydroxyl groups is 1. The van der Waals surface area contributed by atoms with Crippen LogP contribution in [0.1, 0.15) is 17.2 Å². The molecule has 0 aliphatic carbocycles. The number of carbonyl (C=O) groups is 1. The molecular weight excluding hydrogens is 206 g/mol. The lowest BCUT2D eigenvalue weighted by Gasteiger charge is -2.10. The first kappa shape index (κ1) is 12.7. The molecule has 1 aromatic carbocycles. The maximum atomic E-state index is 11.3. The van der Waals surface area contributed by atoms with E-state index < -0.39 is 12.0 Å². The minimum Gasteiger partial charge on any atom is -0.384 e. The third-order valence-electron chi connectivity index (χ3n) is 2.36. The molecule has 0 radical (unpaired) electrons. The molecule has 4 nitrogen and oxygen atoms in total. The minimum atomic E-state index is -1.10. The predicted octanol–water partition coefficient (Wildman–Crippen LogP) is 0.655. The minimum absolute atomic E-state index is 0.399. The molecule has 0 fully saturated rings. The summed E-state index contributed by atoms with van der Waals surface area (Å²) < 4.78 is 4.97. The number of carbonyl (C=O) groups excluding carboxylic acids is 1. The van der Waals surface area contributed by atoms with Gasteiger partial charge in [0.25, 0.3) is 5.91 Å². The molecule has 1 amide bonds. The zero-order valence-electron chi connectivity index (χ0n) is 9.56. The molecule has 0 aromatic heterocycles. The molecular formula is C12H17NO3. The van der Waals surface area contributed by atoms with Gasteiger partial charge in [-0.05, 0) is 17.5 Å². The highest BCUT2D eigenvalue weighted by atomic mass is 16.5. The number of amides is 1. The molecule has 1 unspecified atom stereocenters. The van der Waals surface area contributed by atoms with E-state index in [1.165, 1.54) is 7.05 Å². The summed E-state index contributed by atoms with van der Waals surface area (Å²) in [7, 11) is 3.14. The van der Waals surface area contributed by atoms with Gasteiger partial charge in [-0.1, -0.05) is 24.3 Å². The molecule has 0 aliphatic heterocycles. The van der Waals surface area contributed by atoms with Crippen molar-refractivity contribution in [3.63, 3.8) is 0 Å². The van der Waals surface area contributed by atoms with Gasteiger partial charge in [0, 0.05) is 14.2 Å². The van der Waals surface area contributed by atoms with Crippen molar-refractivity contribution in [2.75, 3.05) is 20.8 Å². The molecule has 2 N–H and O–H groups in total. The predicted molar refractivity (Wildman–Crippen MR) is 61.0 cm³/mol. The molecule has 0 saturated carbocycles. The maximum absolute atomic E-state index is 11.3. The number of hydrogen-bond acceptors (Lipinski definition) is 3. The van der Waals surface area contributed by atoms with E-state index in [0.717, 1.165) is 12.0 Å². The molecule has 0 bridgehead atoms. The van der Waals surface area contributed by atoms with Gasteiger partial charge in [-0.15, -0.1) is 0 Å². The highest BCUT2D eigenvalue weighted by molar-refractivity contribution is 5.81. The first-order valence-electron chi connectivity index (χ1n) is 5.16. The fraction of sp³-hybridized carbons (Fsp3) is 0.417. The summed E-state index contributed by atoms with van der Waals surface area (Å²) in [6.45, 7) is 0.625. The molecule has 88 valence electrons. The number of likely N-dealkylation sites (N-methyl/N-ethyl adjacent to an activating group) is 1. The van der Waals surface area contributed by atoms with Crippen molar-refractivity contribution in [3.8, 4) is 0 Å². The topological polar surface area (TPSA) is 58.6 Å². The average molecular weight is 223 g/mol. The highest BCUT2D eigenvalue weighted by Crippen LogP contribution is 2.15. The monoisotopic (exact) mass is 223 g/mol. The number of aliphatic hydroxyl groups excluding tert-OH is 1. The first-order chi connectivity index (χ1) is 7.69. The van der Waals surface area contributed by atoms with Crippen LogP contribution in [0.4, 0.5) is 0 Å². The van der Waals surface area contributed by atoms with Gasteiger partial charge < -0.3 is 15.2 Å². The van der Waals surface area contributed by atoms with Gasteiger partial charge in [0.2, 0.25) is 0 Å². The maximum Gasteiger partial charge on any atom is 0.253 e. The van der Waals surface area contributed by atoms with Crippen LogP contribution in [-0.4, -0.2) is 31.8 Å². The second-order valence-corrected chi connectivity index (χ2v) is 3.50. The van der Waals surface area contributed by atoms with Crippen molar-refractivity contribution in [2.45, 2.75) is 12.5 Å². The van der Waals surface area contributed by atoms with E-state index in [1.54, 1.807) is 13.2 Å². The van der Waals surface area contributed by atoms with Gasteiger partial charge in [-0.25, -0.2) is 0 Å². The standard InChI is InChI=1S/C12H17NO3/c1-13-12(15)11(14)10-5-3-4-9(8-10)6-7-16-2/h3-5,8,11,14H,6-7H2,1-2H3,(H,13,15). The largest absolute Gasteiger partial charge is 0.384 e. The fourth-order valence-electron chi connectivity index (χ4n) is 1.43. The molecule has 1 rings (SSSR count). The summed E-state index contributed by atoms with van der Waals surface area (Å²) in [5.74, 6) is -0.399. The Kier molecular flexibility index (Phi) is 4.95. The molecule has 0 spiro atoms. The van der Waals surface area contributed by atoms with Crippen LogP contribution in [0.5, 0.6) is 0 Å². The normalized spacial score (nSPS) is 12.2. The third-order valence-corrected chi connectivity index (χ3v) is 2.36. The Hall–Kier alpha value is -1.39. The van der Waals surface area contributed by atoms with Crippen molar-refractivity contribution in [3.05, 3.63) is 35.4 Å². The van der Waals surface area contributed by atoms with Gasteiger partial charge in [-0.2, -0.15) is 0 Å². The first-order valence-corrected chi connectivity index (χ1v) is 5.16. The van der Waals surface area contributed by atoms with Crippen molar-refractivity contribution >= 4 is 5.91 Å². The smallest absolute Gasteiger partial charge is 0.253 e. The Bertz CT molecular complexity index is 352. The van der Waals surface area contributed by atoms with Crippen LogP contribution in [0.2, 0.25) is 0 Å². The Morgan fingerprint density at radius 3 is 2.94 bits per heavy atom. The van der Waals surface area contributed by atoms with Crippen molar-refractivity contribution in [1.82, 2.24) is 5.32 Å². The fourth-order valence-corrected chi connectivity index (χ4v) is 1.43. The summed E-state index contributed by atoms with van der Waals surface area (Å²) in [6, 6.07) is 7.32. The van der Waals surface area contributed by atoms with E-state index in [1.807, 2.05) is 18.2 Å². The van der Waals surface area contributed by atoms with Crippen molar-refractivity contribution in [1.29, 1.82) is 0 Å². The number of nitrogens with one attached hydrogen (secondary N) is 1. The molecule has 1 atom stereocenters. The molecule has 0 heterocycles. The zero-order valence-corrected chi connectivity index (χ0v) is 9.56. The van der Waals surface area contributed by atoms with Crippen LogP contribution >= 0.6 is 0 Å². The van der Waals surface area contributed by atoms with Crippen LogP contribution in [0.3, 0.4) is 0 Å². The number of benzene rings is 1. The highest BCUT2D eigenvalue weighted by Gasteiger charge is 2.15. The summed E-state index contributed by atoms with van der Waals surface area (Å²) >= 11 is 0. The number of rotatable bonds is 5. The molecule has 1 aromatic rings. The van der Waals surface area contributed by atoms with Crippen LogP contribution in [-0.2, 0) is 16.0 Å². The van der Waals surface area contributed by atoms with Crippen LogP contribution in [0.15, 0.2) is 24.3 Å². The Balaban J connectivity index is 2.77. The Morgan fingerprint density at radius 2 is 2.31 bits per heavy atom. The van der Waals surface area contributed by atoms with Crippen LogP contribution < -0.4 is 5.32 Å². The lowest BCUT2D eigenvalue weighted by molar-refractivity contribution is -0.129. The molecule has 16 heavy (non-hydrogen) atoms. The van der Waals surface area contributed by atoms with E-state index in [2.05, 4.69) is 5.32 Å². The molecule has 0 aliphatic rings. The Labute approximate surface area is 95.2 Å². The second-order valence-electron chi connectivity index (χ2n) is 3.50. The summed E-state index contributed by atoms with van der Waals surface area (Å²) in [6.07, 6.45) is -0.336. The number of ether oxygens (including phenoxy) is 1. The summed E-state index contributed by atoms with van der Waals surface area (Å²) in [4.78, 5) is 11.3. The number of hydrogen-bond donors (Lipinski definition) is 2. The quantitative estimate of drug-likeness (QED) is 0.770. The lowest BCUT2D eigenvalue weighted by Crippen LogP contribution is -2.25. The third kappa shape index (κ3) is 3.32. The van der Waals surface area contributed by atoms with E-state index in [4.69, 9.17) is 4.74 Å². The Morgan fingerprint density at radius 1 is 1.56 bits per heavy atom. The second kappa shape index (κ2) is 6.25. The summed E-state index contributed by atoms with van der Waals surface area (Å²) in [5.41, 5.74) is 1.65.